The van der Waals surface area contributed by atoms with E-state index in [0.717, 1.165) is 11.1 Å². The summed E-state index contributed by atoms with van der Waals surface area (Å²) in [6.45, 7) is 11.5. The van der Waals surface area contributed by atoms with Crippen LogP contribution < -0.4 is 0 Å². The molecule has 1 aliphatic rings. The molecule has 2 unspecified atom stereocenters. The molecule has 2 aromatic carbocycles. The van der Waals surface area contributed by atoms with E-state index in [-0.39, 0.29) is 35.6 Å². The molecule has 3 rings (SSSR count). The van der Waals surface area contributed by atoms with Gasteiger partial charge in [0.2, 0.25) is 5.91 Å². The predicted molar refractivity (Wildman–Crippen MR) is 137 cm³/mol. The molecule has 0 spiro atoms. The van der Waals surface area contributed by atoms with E-state index in [1.54, 1.807) is 6.92 Å². The van der Waals surface area contributed by atoms with Gasteiger partial charge in [-0.2, -0.15) is 0 Å². The number of allylic oxidation sites excluding steroid dienone is 1. The van der Waals surface area contributed by atoms with E-state index in [9.17, 15) is 9.59 Å². The van der Waals surface area contributed by atoms with Crippen LogP contribution in [0.2, 0.25) is 10.0 Å². The van der Waals surface area contributed by atoms with Crippen LogP contribution in [0.5, 0.6) is 0 Å². The molecule has 1 aliphatic heterocycles. The molecule has 0 bridgehead atoms. The molecular weight excluding hydrogens is 453 g/mol. The lowest BCUT2D eigenvalue weighted by atomic mass is 9.66. The summed E-state index contributed by atoms with van der Waals surface area (Å²) in [6, 6.07) is 15.1. The van der Waals surface area contributed by atoms with Gasteiger partial charge in [-0.15, -0.1) is 6.58 Å². The van der Waals surface area contributed by atoms with Gasteiger partial charge in [-0.05, 0) is 61.6 Å². The zero-order valence-corrected chi connectivity index (χ0v) is 21.4. The van der Waals surface area contributed by atoms with E-state index in [0.29, 0.717) is 29.3 Å². The van der Waals surface area contributed by atoms with Gasteiger partial charge in [-0.3, -0.25) is 9.59 Å². The minimum absolute atomic E-state index is 0.000679. The second kappa shape index (κ2) is 10.4. The third kappa shape index (κ3) is 5.20. The summed E-state index contributed by atoms with van der Waals surface area (Å²) in [5.74, 6) is -0.124. The van der Waals surface area contributed by atoms with Crippen LogP contribution in [0.25, 0.3) is 0 Å². The highest BCUT2D eigenvalue weighted by Crippen LogP contribution is 2.52. The Balaban J connectivity index is 2.27. The number of piperidine rings is 1. The van der Waals surface area contributed by atoms with Gasteiger partial charge in [-0.1, -0.05) is 74.3 Å². The van der Waals surface area contributed by atoms with E-state index < -0.39 is 5.41 Å². The minimum atomic E-state index is -0.623. The number of hydrogen-bond acceptors (Lipinski definition) is 2. The van der Waals surface area contributed by atoms with Crippen LogP contribution in [0, 0.1) is 11.3 Å². The van der Waals surface area contributed by atoms with Gasteiger partial charge in [0.1, 0.15) is 5.78 Å². The molecule has 0 aromatic heterocycles. The number of ketones is 1. The lowest BCUT2D eigenvalue weighted by Crippen LogP contribution is -2.57. The Morgan fingerprint density at radius 1 is 1.18 bits per heavy atom. The molecule has 0 aliphatic carbocycles. The Hall–Kier alpha value is -2.10. The predicted octanol–water partition coefficient (Wildman–Crippen LogP) is 7.64. The summed E-state index contributed by atoms with van der Waals surface area (Å²) in [6.07, 6.45) is 3.73. The first-order valence-corrected chi connectivity index (χ1v) is 12.3. The lowest BCUT2D eigenvalue weighted by molar-refractivity contribution is -0.157. The molecule has 1 heterocycles. The smallest absolute Gasteiger partial charge is 0.229 e. The summed E-state index contributed by atoms with van der Waals surface area (Å²) < 4.78 is 0. The van der Waals surface area contributed by atoms with Crippen molar-refractivity contribution in [3.63, 3.8) is 0 Å². The maximum atomic E-state index is 14.2. The van der Waals surface area contributed by atoms with Crippen LogP contribution >= 0.6 is 23.2 Å². The second-order valence-electron chi connectivity index (χ2n) is 9.50. The molecule has 33 heavy (non-hydrogen) atoms. The molecule has 1 saturated heterocycles. The van der Waals surface area contributed by atoms with E-state index >= 15 is 0 Å². The molecule has 0 radical (unpaired) electrons. The summed E-state index contributed by atoms with van der Waals surface area (Å²) in [7, 11) is 0. The molecule has 1 amide bonds. The van der Waals surface area contributed by atoms with Gasteiger partial charge >= 0.3 is 0 Å². The number of halogens is 2. The largest absolute Gasteiger partial charge is 0.331 e. The molecule has 176 valence electrons. The molecule has 0 saturated carbocycles. The fourth-order valence-electron chi connectivity index (χ4n) is 5.31. The van der Waals surface area contributed by atoms with E-state index in [1.807, 2.05) is 74.2 Å². The molecule has 2 aromatic rings. The lowest BCUT2D eigenvalue weighted by Gasteiger charge is -2.53. The van der Waals surface area contributed by atoms with Crippen molar-refractivity contribution in [1.29, 1.82) is 0 Å². The fraction of sp³-hybridized carbons (Fsp3) is 0.429. The number of benzene rings is 2. The zero-order chi connectivity index (χ0) is 24.3. The first-order chi connectivity index (χ1) is 15.6. The molecular formula is C28H33Cl2NO2. The van der Waals surface area contributed by atoms with Crippen molar-refractivity contribution in [3.05, 3.63) is 82.4 Å². The third-order valence-electron chi connectivity index (χ3n) is 7.18. The Morgan fingerprint density at radius 2 is 1.85 bits per heavy atom. The van der Waals surface area contributed by atoms with Crippen molar-refractivity contribution in [3.8, 4) is 0 Å². The molecule has 3 nitrogen and oxygen atoms in total. The van der Waals surface area contributed by atoms with E-state index in [2.05, 4.69) is 12.6 Å². The standard InChI is InChI=1S/C28H33Cl2NO2/c1-6-15-28(5)17-24(21-9-8-10-23(30)16-21)26(20-11-13-22(29)14-12-20)31(27(28)33)25(7-2)18(3)19(4)32/h6,8-14,16,18,24-26H,1,7,15,17H2,2-5H3/t18?,24-,25?,26-,28+/m1/s1. The summed E-state index contributed by atoms with van der Waals surface area (Å²) in [4.78, 5) is 28.6. The average molecular weight is 486 g/mol. The van der Waals surface area contributed by atoms with Crippen molar-refractivity contribution in [2.75, 3.05) is 0 Å². The monoisotopic (exact) mass is 485 g/mol. The van der Waals surface area contributed by atoms with E-state index in [1.165, 1.54) is 0 Å². The number of carbonyl (C=O) groups is 2. The number of amides is 1. The highest BCUT2D eigenvalue weighted by Gasteiger charge is 2.51. The van der Waals surface area contributed by atoms with Crippen LogP contribution in [-0.2, 0) is 9.59 Å². The maximum Gasteiger partial charge on any atom is 0.229 e. The van der Waals surface area contributed by atoms with Crippen LogP contribution in [0.1, 0.15) is 70.0 Å². The summed E-state index contributed by atoms with van der Waals surface area (Å²) >= 11 is 12.6. The van der Waals surface area contributed by atoms with Crippen molar-refractivity contribution in [2.24, 2.45) is 11.3 Å². The Kier molecular flexibility index (Phi) is 8.08. The van der Waals surface area contributed by atoms with E-state index in [4.69, 9.17) is 23.2 Å². The quantitative estimate of drug-likeness (QED) is 0.360. The van der Waals surface area contributed by atoms with Gasteiger partial charge in [0.25, 0.3) is 0 Å². The number of likely N-dealkylation sites (tertiary alicyclic amines) is 1. The van der Waals surface area contributed by atoms with Crippen LogP contribution in [0.15, 0.2) is 61.2 Å². The maximum absolute atomic E-state index is 14.2. The molecule has 1 fully saturated rings. The number of carbonyl (C=O) groups excluding carboxylic acids is 2. The number of rotatable bonds is 8. The molecule has 0 N–H and O–H groups in total. The number of Topliss-reactive ketones (excluding diaryl/α,β-unsaturated/α-hetero) is 1. The second-order valence-corrected chi connectivity index (χ2v) is 10.4. The topological polar surface area (TPSA) is 37.4 Å². The Labute approximate surface area is 207 Å². The number of hydrogen-bond donors (Lipinski definition) is 0. The minimum Gasteiger partial charge on any atom is -0.331 e. The number of nitrogens with zero attached hydrogens (tertiary/aromatic N) is 1. The Bertz CT molecular complexity index is 1020. The van der Waals surface area contributed by atoms with Gasteiger partial charge < -0.3 is 4.90 Å². The highest BCUT2D eigenvalue weighted by molar-refractivity contribution is 6.30. The van der Waals surface area contributed by atoms with Gasteiger partial charge in [0.05, 0.1) is 11.5 Å². The third-order valence-corrected chi connectivity index (χ3v) is 7.67. The summed E-state index contributed by atoms with van der Waals surface area (Å²) in [5, 5.41) is 1.31. The van der Waals surface area contributed by atoms with Gasteiger partial charge in [0, 0.05) is 27.9 Å². The van der Waals surface area contributed by atoms with Crippen LogP contribution in [-0.4, -0.2) is 22.6 Å². The first kappa shape index (κ1) is 25.5. The Morgan fingerprint density at radius 3 is 2.39 bits per heavy atom. The molecule has 5 atom stereocenters. The average Bonchev–Trinajstić information content (AvgIpc) is 2.77. The van der Waals surface area contributed by atoms with Crippen molar-refractivity contribution in [1.82, 2.24) is 4.90 Å². The first-order valence-electron chi connectivity index (χ1n) is 11.6. The van der Waals surface area contributed by atoms with Crippen LogP contribution in [0.3, 0.4) is 0 Å². The van der Waals surface area contributed by atoms with Crippen molar-refractivity contribution < 1.29 is 9.59 Å². The normalized spacial score (nSPS) is 24.9. The highest BCUT2D eigenvalue weighted by atomic mass is 35.5. The van der Waals surface area contributed by atoms with Gasteiger partial charge in [-0.25, -0.2) is 0 Å². The van der Waals surface area contributed by atoms with Crippen LogP contribution in [0.4, 0.5) is 0 Å². The SMILES string of the molecule is C=CC[C@@]1(C)C[C@H](c2cccc(Cl)c2)[C@@H](c2ccc(Cl)cc2)N(C(CC)C(C)C(C)=O)C1=O. The summed E-state index contributed by atoms with van der Waals surface area (Å²) in [5.41, 5.74) is 1.47. The van der Waals surface area contributed by atoms with Gasteiger partial charge in [0.15, 0.2) is 0 Å². The van der Waals surface area contributed by atoms with Crippen molar-refractivity contribution in [2.45, 2.75) is 65.0 Å². The fourth-order valence-corrected chi connectivity index (χ4v) is 5.64. The van der Waals surface area contributed by atoms with Crippen molar-refractivity contribution >= 4 is 34.9 Å². The zero-order valence-electron chi connectivity index (χ0n) is 19.9. The molecule has 5 heteroatoms.